The Morgan fingerprint density at radius 2 is 2.00 bits per heavy atom. The highest BCUT2D eigenvalue weighted by Gasteiger charge is 2.19. The third-order valence-electron chi connectivity index (χ3n) is 3.05. The van der Waals surface area contributed by atoms with Crippen LogP contribution in [0.2, 0.25) is 0 Å². The molecule has 1 N–H and O–H groups in total. The van der Waals surface area contributed by atoms with Gasteiger partial charge in [0.25, 0.3) is 0 Å². The van der Waals surface area contributed by atoms with Crippen LogP contribution in [-0.2, 0) is 0 Å². The fourth-order valence-corrected chi connectivity index (χ4v) is 2.08. The molecule has 0 aromatic rings. The highest BCUT2D eigenvalue weighted by Crippen LogP contribution is 2.23. The van der Waals surface area contributed by atoms with Gasteiger partial charge in [0.2, 0.25) is 0 Å². The zero-order valence-electron chi connectivity index (χ0n) is 8.60. The van der Waals surface area contributed by atoms with Gasteiger partial charge in [-0.1, -0.05) is 33.1 Å². The fourth-order valence-electron chi connectivity index (χ4n) is 2.08. The summed E-state index contributed by atoms with van der Waals surface area (Å²) in [6, 6.07) is 0.824. The van der Waals surface area contributed by atoms with Gasteiger partial charge < -0.3 is 5.32 Å². The standard InChI is InChI=1S/C11H23N/c1-3-4-9-12-11-8-6-5-7-10(11)2/h10-12H,3-9H2,1-2H3. The van der Waals surface area contributed by atoms with Crippen molar-refractivity contribution in [2.24, 2.45) is 5.92 Å². The maximum Gasteiger partial charge on any atom is 0.00926 e. The van der Waals surface area contributed by atoms with Crippen molar-refractivity contribution in [1.82, 2.24) is 5.32 Å². The summed E-state index contributed by atoms with van der Waals surface area (Å²) in [6.45, 7) is 5.88. The van der Waals surface area contributed by atoms with Gasteiger partial charge in [-0.3, -0.25) is 0 Å². The molecular formula is C11H23N. The molecule has 2 atom stereocenters. The molecule has 1 heteroatoms. The van der Waals surface area contributed by atoms with E-state index in [9.17, 15) is 0 Å². The molecule has 72 valence electrons. The van der Waals surface area contributed by atoms with E-state index in [1.807, 2.05) is 0 Å². The van der Waals surface area contributed by atoms with Gasteiger partial charge in [-0.2, -0.15) is 0 Å². The Kier molecular flexibility index (Phi) is 4.67. The van der Waals surface area contributed by atoms with Crippen molar-refractivity contribution in [1.29, 1.82) is 0 Å². The fraction of sp³-hybridized carbons (Fsp3) is 1.00. The van der Waals surface area contributed by atoms with E-state index >= 15 is 0 Å². The molecule has 0 radical (unpaired) electrons. The van der Waals surface area contributed by atoms with Gasteiger partial charge in [0.15, 0.2) is 0 Å². The molecule has 1 saturated carbocycles. The van der Waals surface area contributed by atoms with E-state index in [4.69, 9.17) is 0 Å². The summed E-state index contributed by atoms with van der Waals surface area (Å²) in [6.07, 6.45) is 8.38. The molecule has 0 aliphatic heterocycles. The zero-order chi connectivity index (χ0) is 8.81. The highest BCUT2D eigenvalue weighted by molar-refractivity contribution is 4.77. The van der Waals surface area contributed by atoms with Crippen LogP contribution in [0.4, 0.5) is 0 Å². The summed E-state index contributed by atoms with van der Waals surface area (Å²) in [7, 11) is 0. The van der Waals surface area contributed by atoms with E-state index in [0.29, 0.717) is 0 Å². The van der Waals surface area contributed by atoms with Crippen molar-refractivity contribution in [3.8, 4) is 0 Å². The van der Waals surface area contributed by atoms with E-state index in [2.05, 4.69) is 19.2 Å². The Bertz CT molecular complexity index is 112. The first-order valence-corrected chi connectivity index (χ1v) is 5.58. The van der Waals surface area contributed by atoms with Gasteiger partial charge in [0.05, 0.1) is 0 Å². The Hall–Kier alpha value is -0.0400. The quantitative estimate of drug-likeness (QED) is 0.638. The lowest BCUT2D eigenvalue weighted by Gasteiger charge is -2.29. The SMILES string of the molecule is CCCCNC1CCCCC1C. The second-order valence-corrected chi connectivity index (χ2v) is 4.18. The third kappa shape index (κ3) is 3.14. The Balaban J connectivity index is 2.11. The molecule has 0 heterocycles. The van der Waals surface area contributed by atoms with E-state index < -0.39 is 0 Å². The molecule has 2 unspecified atom stereocenters. The highest BCUT2D eigenvalue weighted by atomic mass is 14.9. The maximum atomic E-state index is 3.67. The van der Waals surface area contributed by atoms with E-state index in [1.165, 1.54) is 45.1 Å². The van der Waals surface area contributed by atoms with Crippen molar-refractivity contribution < 1.29 is 0 Å². The van der Waals surface area contributed by atoms with Crippen molar-refractivity contribution in [2.45, 2.75) is 58.4 Å². The summed E-state index contributed by atoms with van der Waals surface area (Å²) in [5.74, 6) is 0.913. The second kappa shape index (κ2) is 5.58. The van der Waals surface area contributed by atoms with Crippen LogP contribution in [0.5, 0.6) is 0 Å². The molecule has 1 nitrogen and oxygen atoms in total. The first-order chi connectivity index (χ1) is 5.84. The molecule has 0 aromatic carbocycles. The monoisotopic (exact) mass is 169 g/mol. The minimum atomic E-state index is 0.824. The van der Waals surface area contributed by atoms with E-state index in [-0.39, 0.29) is 0 Å². The van der Waals surface area contributed by atoms with Crippen LogP contribution < -0.4 is 5.32 Å². The molecule has 0 bridgehead atoms. The van der Waals surface area contributed by atoms with Crippen LogP contribution in [0.1, 0.15) is 52.4 Å². The zero-order valence-corrected chi connectivity index (χ0v) is 8.60. The third-order valence-corrected chi connectivity index (χ3v) is 3.05. The molecule has 0 spiro atoms. The average Bonchev–Trinajstić information content (AvgIpc) is 2.09. The van der Waals surface area contributed by atoms with Crippen molar-refractivity contribution in [3.63, 3.8) is 0 Å². The number of nitrogens with one attached hydrogen (secondary N) is 1. The number of hydrogen-bond donors (Lipinski definition) is 1. The summed E-state index contributed by atoms with van der Waals surface area (Å²) < 4.78 is 0. The average molecular weight is 169 g/mol. The number of hydrogen-bond acceptors (Lipinski definition) is 1. The minimum absolute atomic E-state index is 0.824. The summed E-state index contributed by atoms with van der Waals surface area (Å²) in [5.41, 5.74) is 0. The molecular weight excluding hydrogens is 146 g/mol. The molecule has 1 rings (SSSR count). The molecule has 0 amide bonds. The molecule has 1 aliphatic carbocycles. The van der Waals surface area contributed by atoms with Gasteiger partial charge in [0, 0.05) is 6.04 Å². The van der Waals surface area contributed by atoms with Crippen molar-refractivity contribution in [3.05, 3.63) is 0 Å². The Morgan fingerprint density at radius 1 is 1.25 bits per heavy atom. The Labute approximate surface area is 76.9 Å². The summed E-state index contributed by atoms with van der Waals surface area (Å²) in [5, 5.41) is 3.67. The second-order valence-electron chi connectivity index (χ2n) is 4.18. The van der Waals surface area contributed by atoms with Gasteiger partial charge in [-0.05, 0) is 31.7 Å². The maximum absolute atomic E-state index is 3.67. The topological polar surface area (TPSA) is 12.0 Å². The lowest BCUT2D eigenvalue weighted by Crippen LogP contribution is -2.37. The van der Waals surface area contributed by atoms with Crippen LogP contribution in [-0.4, -0.2) is 12.6 Å². The van der Waals surface area contributed by atoms with Gasteiger partial charge in [-0.15, -0.1) is 0 Å². The van der Waals surface area contributed by atoms with E-state index in [0.717, 1.165) is 12.0 Å². The molecule has 0 saturated heterocycles. The van der Waals surface area contributed by atoms with Crippen LogP contribution in [0.15, 0.2) is 0 Å². The van der Waals surface area contributed by atoms with Gasteiger partial charge in [-0.25, -0.2) is 0 Å². The van der Waals surface area contributed by atoms with Crippen molar-refractivity contribution >= 4 is 0 Å². The number of unbranched alkanes of at least 4 members (excludes halogenated alkanes) is 1. The lowest BCUT2D eigenvalue weighted by molar-refractivity contribution is 0.280. The largest absolute Gasteiger partial charge is 0.314 e. The molecule has 12 heavy (non-hydrogen) atoms. The Morgan fingerprint density at radius 3 is 2.67 bits per heavy atom. The van der Waals surface area contributed by atoms with Crippen LogP contribution in [0.3, 0.4) is 0 Å². The van der Waals surface area contributed by atoms with Crippen LogP contribution in [0, 0.1) is 5.92 Å². The van der Waals surface area contributed by atoms with Gasteiger partial charge in [0.1, 0.15) is 0 Å². The lowest BCUT2D eigenvalue weighted by atomic mass is 9.86. The predicted molar refractivity (Wildman–Crippen MR) is 54.3 cm³/mol. The molecule has 0 aromatic heterocycles. The summed E-state index contributed by atoms with van der Waals surface area (Å²) >= 11 is 0. The minimum Gasteiger partial charge on any atom is -0.314 e. The molecule has 1 aliphatic rings. The van der Waals surface area contributed by atoms with E-state index in [1.54, 1.807) is 0 Å². The van der Waals surface area contributed by atoms with Crippen molar-refractivity contribution in [2.75, 3.05) is 6.54 Å². The predicted octanol–water partition coefficient (Wildman–Crippen LogP) is 2.95. The first-order valence-electron chi connectivity index (χ1n) is 5.58. The normalized spacial score (nSPS) is 30.5. The van der Waals surface area contributed by atoms with Crippen LogP contribution in [0.25, 0.3) is 0 Å². The summed E-state index contributed by atoms with van der Waals surface area (Å²) in [4.78, 5) is 0. The van der Waals surface area contributed by atoms with Crippen LogP contribution >= 0.6 is 0 Å². The smallest absolute Gasteiger partial charge is 0.00926 e. The van der Waals surface area contributed by atoms with Gasteiger partial charge >= 0.3 is 0 Å². The number of rotatable bonds is 4. The molecule has 1 fully saturated rings. The first kappa shape index (κ1) is 10.0.